The van der Waals surface area contributed by atoms with Crippen molar-refractivity contribution in [1.29, 1.82) is 0 Å². The Kier molecular flexibility index (Phi) is 4.70. The SMILES string of the molecule is COc1ccc(NC(=O)CN(C)C(=O)c2cc3ccccc3[nH]2)cc1. The first kappa shape index (κ1) is 16.6. The first-order valence-corrected chi connectivity index (χ1v) is 7.84. The van der Waals surface area contributed by atoms with E-state index in [-0.39, 0.29) is 18.4 Å². The van der Waals surface area contributed by atoms with Crippen molar-refractivity contribution < 1.29 is 14.3 Å². The number of anilines is 1. The standard InChI is InChI=1S/C19H19N3O3/c1-22(12-18(23)20-14-7-9-15(25-2)10-8-14)19(24)17-11-13-5-3-4-6-16(13)21-17/h3-11,21H,12H2,1-2H3,(H,20,23). The van der Waals surface area contributed by atoms with Gasteiger partial charge in [-0.05, 0) is 36.4 Å². The van der Waals surface area contributed by atoms with Crippen LogP contribution >= 0.6 is 0 Å². The van der Waals surface area contributed by atoms with Crippen LogP contribution in [0.1, 0.15) is 10.5 Å². The fourth-order valence-electron chi connectivity index (χ4n) is 2.56. The van der Waals surface area contributed by atoms with E-state index in [4.69, 9.17) is 4.74 Å². The Bertz CT molecular complexity index is 867. The van der Waals surface area contributed by atoms with Crippen LogP contribution in [-0.4, -0.2) is 42.4 Å². The van der Waals surface area contributed by atoms with Crippen molar-refractivity contribution in [2.45, 2.75) is 0 Å². The van der Waals surface area contributed by atoms with E-state index in [1.54, 1.807) is 44.5 Å². The molecule has 0 radical (unpaired) electrons. The van der Waals surface area contributed by atoms with Crippen molar-refractivity contribution in [1.82, 2.24) is 9.88 Å². The Morgan fingerprint density at radius 2 is 1.84 bits per heavy atom. The summed E-state index contributed by atoms with van der Waals surface area (Å²) in [5.41, 5.74) is 2.00. The molecule has 1 aromatic heterocycles. The number of H-pyrrole nitrogens is 1. The normalized spacial score (nSPS) is 10.5. The third-order valence-corrected chi connectivity index (χ3v) is 3.86. The summed E-state index contributed by atoms with van der Waals surface area (Å²) < 4.78 is 5.08. The molecule has 2 N–H and O–H groups in total. The zero-order valence-electron chi connectivity index (χ0n) is 14.1. The molecule has 2 aromatic carbocycles. The van der Waals surface area contributed by atoms with Crippen LogP contribution in [0.15, 0.2) is 54.6 Å². The number of amides is 2. The molecular formula is C19H19N3O3. The van der Waals surface area contributed by atoms with E-state index in [1.165, 1.54) is 4.90 Å². The highest BCUT2D eigenvalue weighted by Gasteiger charge is 2.17. The van der Waals surface area contributed by atoms with Gasteiger partial charge in [0.05, 0.1) is 13.7 Å². The number of benzene rings is 2. The van der Waals surface area contributed by atoms with Crippen LogP contribution in [0.2, 0.25) is 0 Å². The minimum absolute atomic E-state index is 0.0414. The molecular weight excluding hydrogens is 318 g/mol. The smallest absolute Gasteiger partial charge is 0.270 e. The molecule has 0 atom stereocenters. The molecule has 3 aromatic rings. The maximum atomic E-state index is 12.5. The number of nitrogens with zero attached hydrogens (tertiary/aromatic N) is 1. The van der Waals surface area contributed by atoms with Gasteiger partial charge in [-0.2, -0.15) is 0 Å². The number of para-hydroxylation sites is 1. The van der Waals surface area contributed by atoms with Crippen molar-refractivity contribution in [3.05, 3.63) is 60.3 Å². The van der Waals surface area contributed by atoms with Gasteiger partial charge in [-0.15, -0.1) is 0 Å². The highest BCUT2D eigenvalue weighted by Crippen LogP contribution is 2.16. The van der Waals surface area contributed by atoms with Gasteiger partial charge in [-0.1, -0.05) is 18.2 Å². The van der Waals surface area contributed by atoms with Crippen molar-refractivity contribution in [3.63, 3.8) is 0 Å². The number of hydrogen-bond donors (Lipinski definition) is 2. The summed E-state index contributed by atoms with van der Waals surface area (Å²) in [5.74, 6) is 0.210. The zero-order valence-corrected chi connectivity index (χ0v) is 14.1. The minimum atomic E-state index is -0.267. The van der Waals surface area contributed by atoms with Gasteiger partial charge in [0.2, 0.25) is 5.91 Å². The van der Waals surface area contributed by atoms with Crippen LogP contribution in [0.4, 0.5) is 5.69 Å². The molecule has 3 rings (SSSR count). The Hall–Kier alpha value is -3.28. The van der Waals surface area contributed by atoms with Crippen LogP contribution in [0.5, 0.6) is 5.75 Å². The summed E-state index contributed by atoms with van der Waals surface area (Å²) in [7, 11) is 3.18. The first-order valence-electron chi connectivity index (χ1n) is 7.84. The molecule has 0 saturated heterocycles. The average Bonchev–Trinajstić information content (AvgIpc) is 3.05. The second-order valence-corrected chi connectivity index (χ2v) is 5.71. The van der Waals surface area contributed by atoms with Crippen molar-refractivity contribution in [2.24, 2.45) is 0 Å². The van der Waals surface area contributed by atoms with Crippen LogP contribution in [-0.2, 0) is 4.79 Å². The van der Waals surface area contributed by atoms with Gasteiger partial charge in [-0.25, -0.2) is 0 Å². The number of carbonyl (C=O) groups is 2. The van der Waals surface area contributed by atoms with Crippen molar-refractivity contribution >= 4 is 28.4 Å². The van der Waals surface area contributed by atoms with Gasteiger partial charge in [0.1, 0.15) is 11.4 Å². The molecule has 0 saturated carbocycles. The Labute approximate surface area is 145 Å². The molecule has 0 fully saturated rings. The van der Waals surface area contributed by atoms with E-state index in [2.05, 4.69) is 10.3 Å². The van der Waals surface area contributed by atoms with E-state index in [1.807, 2.05) is 24.3 Å². The third kappa shape index (κ3) is 3.80. The lowest BCUT2D eigenvalue weighted by molar-refractivity contribution is -0.116. The molecule has 2 amide bonds. The molecule has 0 unspecified atom stereocenters. The Morgan fingerprint density at radius 1 is 1.12 bits per heavy atom. The average molecular weight is 337 g/mol. The third-order valence-electron chi connectivity index (χ3n) is 3.86. The minimum Gasteiger partial charge on any atom is -0.497 e. The summed E-state index contributed by atoms with van der Waals surface area (Å²) in [6.07, 6.45) is 0. The number of carbonyl (C=O) groups excluding carboxylic acids is 2. The predicted molar refractivity (Wildman–Crippen MR) is 96.9 cm³/mol. The summed E-state index contributed by atoms with van der Waals surface area (Å²) in [6, 6.07) is 16.4. The van der Waals surface area contributed by atoms with Gasteiger partial charge in [0.15, 0.2) is 0 Å². The summed E-state index contributed by atoms with van der Waals surface area (Å²) in [6.45, 7) is -0.0414. The number of hydrogen-bond acceptors (Lipinski definition) is 3. The number of ether oxygens (including phenoxy) is 1. The molecule has 0 aliphatic heterocycles. The number of rotatable bonds is 5. The molecule has 128 valence electrons. The number of methoxy groups -OCH3 is 1. The van der Waals surface area contributed by atoms with E-state index in [9.17, 15) is 9.59 Å². The van der Waals surface area contributed by atoms with Crippen molar-refractivity contribution in [2.75, 3.05) is 26.0 Å². The van der Waals surface area contributed by atoms with E-state index >= 15 is 0 Å². The molecule has 0 aliphatic carbocycles. The lowest BCUT2D eigenvalue weighted by atomic mass is 10.2. The van der Waals surface area contributed by atoms with Gasteiger partial charge < -0.3 is 19.9 Å². The Balaban J connectivity index is 1.62. The second kappa shape index (κ2) is 7.09. The number of fused-ring (bicyclic) bond motifs is 1. The topological polar surface area (TPSA) is 74.4 Å². The monoisotopic (exact) mass is 337 g/mol. The van der Waals surface area contributed by atoms with Gasteiger partial charge >= 0.3 is 0 Å². The molecule has 6 heteroatoms. The van der Waals surface area contributed by atoms with Crippen LogP contribution in [0.3, 0.4) is 0 Å². The predicted octanol–water partition coefficient (Wildman–Crippen LogP) is 2.89. The molecule has 6 nitrogen and oxygen atoms in total. The highest BCUT2D eigenvalue weighted by atomic mass is 16.5. The number of aromatic nitrogens is 1. The maximum absolute atomic E-state index is 12.5. The molecule has 1 heterocycles. The fourth-order valence-corrected chi connectivity index (χ4v) is 2.56. The molecule has 0 bridgehead atoms. The summed E-state index contributed by atoms with van der Waals surface area (Å²) in [5, 5.41) is 3.72. The summed E-state index contributed by atoms with van der Waals surface area (Å²) >= 11 is 0. The maximum Gasteiger partial charge on any atom is 0.270 e. The lowest BCUT2D eigenvalue weighted by Crippen LogP contribution is -2.35. The van der Waals surface area contributed by atoms with E-state index in [0.717, 1.165) is 10.9 Å². The molecule has 0 aliphatic rings. The van der Waals surface area contributed by atoms with Crippen LogP contribution < -0.4 is 10.1 Å². The van der Waals surface area contributed by atoms with Gasteiger partial charge in [-0.3, -0.25) is 9.59 Å². The number of likely N-dealkylation sites (N-methyl/N-ethyl adjacent to an activating group) is 1. The number of nitrogens with one attached hydrogen (secondary N) is 2. The number of aromatic amines is 1. The molecule has 0 spiro atoms. The molecule has 25 heavy (non-hydrogen) atoms. The zero-order chi connectivity index (χ0) is 17.8. The van der Waals surface area contributed by atoms with E-state index < -0.39 is 0 Å². The quantitative estimate of drug-likeness (QED) is 0.752. The highest BCUT2D eigenvalue weighted by molar-refractivity contribution is 6.01. The lowest BCUT2D eigenvalue weighted by Gasteiger charge is -2.16. The fraction of sp³-hybridized carbons (Fsp3) is 0.158. The largest absolute Gasteiger partial charge is 0.497 e. The van der Waals surface area contributed by atoms with Crippen molar-refractivity contribution in [3.8, 4) is 5.75 Å². The van der Waals surface area contributed by atoms with Gasteiger partial charge in [0.25, 0.3) is 5.91 Å². The summed E-state index contributed by atoms with van der Waals surface area (Å²) in [4.78, 5) is 29.1. The first-order chi connectivity index (χ1) is 12.1. The van der Waals surface area contributed by atoms with Crippen LogP contribution in [0.25, 0.3) is 10.9 Å². The van der Waals surface area contributed by atoms with E-state index in [0.29, 0.717) is 17.1 Å². The second-order valence-electron chi connectivity index (χ2n) is 5.71. The van der Waals surface area contributed by atoms with Crippen LogP contribution in [0, 0.1) is 0 Å². The van der Waals surface area contributed by atoms with Gasteiger partial charge in [0, 0.05) is 23.6 Å². The Morgan fingerprint density at radius 3 is 2.52 bits per heavy atom.